The fraction of sp³-hybridized carbons (Fsp3) is 0.917. The third-order valence-corrected chi connectivity index (χ3v) is 2.66. The molecule has 4 heteroatoms. The molecule has 0 fully saturated rings. The number of methoxy groups -OCH3 is 1. The molecule has 0 rings (SSSR count). The fourth-order valence-corrected chi connectivity index (χ4v) is 1.41. The molecule has 0 spiro atoms. The van der Waals surface area contributed by atoms with Crippen LogP contribution in [0.25, 0.3) is 0 Å². The number of unbranched alkanes of at least 4 members (excludes halogenated alkanes) is 1. The molecule has 0 heterocycles. The van der Waals surface area contributed by atoms with Crippen molar-refractivity contribution in [1.29, 1.82) is 0 Å². The van der Waals surface area contributed by atoms with Gasteiger partial charge in [-0.3, -0.25) is 4.79 Å². The van der Waals surface area contributed by atoms with E-state index in [4.69, 9.17) is 10.5 Å². The predicted octanol–water partition coefficient (Wildman–Crippen LogP) is 1.39. The van der Waals surface area contributed by atoms with Crippen LogP contribution < -0.4 is 5.73 Å². The van der Waals surface area contributed by atoms with Crippen LogP contribution in [0.2, 0.25) is 0 Å². The summed E-state index contributed by atoms with van der Waals surface area (Å²) in [6.45, 7) is 7.91. The zero-order chi connectivity index (χ0) is 12.6. The smallest absolute Gasteiger partial charge is 0.225 e. The van der Waals surface area contributed by atoms with Gasteiger partial charge in [0, 0.05) is 26.7 Å². The maximum Gasteiger partial charge on any atom is 0.225 e. The second-order valence-corrected chi connectivity index (χ2v) is 4.66. The summed E-state index contributed by atoms with van der Waals surface area (Å²) in [6.07, 6.45) is 2.52. The van der Waals surface area contributed by atoms with Crippen molar-refractivity contribution in [1.82, 2.24) is 4.90 Å². The summed E-state index contributed by atoms with van der Waals surface area (Å²) in [5, 5.41) is 0. The summed E-state index contributed by atoms with van der Waals surface area (Å²) in [5.74, 6) is 0.130. The molecule has 0 aromatic carbocycles. The minimum Gasteiger partial charge on any atom is -0.378 e. The second-order valence-electron chi connectivity index (χ2n) is 4.66. The van der Waals surface area contributed by atoms with Crippen molar-refractivity contribution in [3.05, 3.63) is 0 Å². The predicted molar refractivity (Wildman–Crippen MR) is 66.2 cm³/mol. The van der Waals surface area contributed by atoms with Gasteiger partial charge in [0.2, 0.25) is 5.91 Å². The quantitative estimate of drug-likeness (QED) is 0.685. The van der Waals surface area contributed by atoms with E-state index in [1.807, 2.05) is 18.7 Å². The van der Waals surface area contributed by atoms with E-state index in [-0.39, 0.29) is 5.91 Å². The first-order valence-corrected chi connectivity index (χ1v) is 6.00. The molecule has 0 atom stereocenters. The molecule has 0 unspecified atom stereocenters. The summed E-state index contributed by atoms with van der Waals surface area (Å²) < 4.78 is 5.26. The summed E-state index contributed by atoms with van der Waals surface area (Å²) in [7, 11) is 1.63. The van der Waals surface area contributed by atoms with E-state index in [1.165, 1.54) is 0 Å². The Balaban J connectivity index is 4.26. The molecular weight excluding hydrogens is 204 g/mol. The maximum absolute atomic E-state index is 12.0. The van der Waals surface area contributed by atoms with E-state index < -0.39 is 5.60 Å². The molecule has 0 aliphatic heterocycles. The van der Waals surface area contributed by atoms with Crippen LogP contribution >= 0.6 is 0 Å². The van der Waals surface area contributed by atoms with Crippen LogP contribution in [0.1, 0.15) is 40.0 Å². The Morgan fingerprint density at radius 1 is 1.38 bits per heavy atom. The third-order valence-electron chi connectivity index (χ3n) is 2.66. The highest BCUT2D eigenvalue weighted by molar-refractivity contribution is 5.77. The third kappa shape index (κ3) is 6.08. The lowest BCUT2D eigenvalue weighted by Gasteiger charge is -2.28. The monoisotopic (exact) mass is 230 g/mol. The summed E-state index contributed by atoms with van der Waals surface area (Å²) in [5.41, 5.74) is 5.12. The Morgan fingerprint density at radius 2 is 2.00 bits per heavy atom. The van der Waals surface area contributed by atoms with Crippen molar-refractivity contribution < 1.29 is 9.53 Å². The molecule has 0 radical (unpaired) electrons. The highest BCUT2D eigenvalue weighted by Gasteiger charge is 2.24. The minimum absolute atomic E-state index is 0.130. The van der Waals surface area contributed by atoms with Crippen molar-refractivity contribution >= 4 is 5.91 Å². The number of amides is 1. The Kier molecular flexibility index (Phi) is 7.34. The number of hydrogen-bond acceptors (Lipinski definition) is 3. The van der Waals surface area contributed by atoms with Crippen molar-refractivity contribution in [2.45, 2.75) is 45.6 Å². The first-order valence-electron chi connectivity index (χ1n) is 6.00. The van der Waals surface area contributed by atoms with Crippen LogP contribution in [-0.2, 0) is 9.53 Å². The van der Waals surface area contributed by atoms with Crippen LogP contribution in [-0.4, -0.2) is 43.2 Å². The number of ether oxygens (including phenoxy) is 1. The van der Waals surface area contributed by atoms with Gasteiger partial charge in [0.1, 0.15) is 0 Å². The van der Waals surface area contributed by atoms with Gasteiger partial charge >= 0.3 is 0 Å². The highest BCUT2D eigenvalue weighted by atomic mass is 16.5. The number of hydrogen-bond donors (Lipinski definition) is 1. The van der Waals surface area contributed by atoms with Crippen molar-refractivity contribution in [3.8, 4) is 0 Å². The molecule has 0 bridgehead atoms. The molecule has 1 amide bonds. The molecule has 0 aromatic rings. The van der Waals surface area contributed by atoms with Gasteiger partial charge in [-0.1, -0.05) is 13.3 Å². The molecule has 0 saturated heterocycles. The van der Waals surface area contributed by atoms with Crippen LogP contribution in [0, 0.1) is 0 Å². The van der Waals surface area contributed by atoms with Crippen LogP contribution in [0.4, 0.5) is 0 Å². The Morgan fingerprint density at radius 3 is 2.44 bits per heavy atom. The number of nitrogens with zero attached hydrogens (tertiary/aromatic N) is 1. The first-order chi connectivity index (χ1) is 7.46. The van der Waals surface area contributed by atoms with Gasteiger partial charge in [0.25, 0.3) is 0 Å². The Bertz CT molecular complexity index is 205. The van der Waals surface area contributed by atoms with E-state index >= 15 is 0 Å². The standard InChI is InChI=1S/C12H26N2O2/c1-5-6-8-14(9-7-13)11(15)10-12(2,3)16-4/h5-10,13H2,1-4H3. The SMILES string of the molecule is CCCCN(CCN)C(=O)CC(C)(C)OC. The molecule has 0 aliphatic rings. The zero-order valence-electron chi connectivity index (χ0n) is 11.1. The lowest BCUT2D eigenvalue weighted by molar-refractivity contribution is -0.136. The summed E-state index contributed by atoms with van der Waals surface area (Å²) >= 11 is 0. The van der Waals surface area contributed by atoms with Gasteiger partial charge in [-0.25, -0.2) is 0 Å². The molecule has 16 heavy (non-hydrogen) atoms. The largest absolute Gasteiger partial charge is 0.378 e. The Labute approximate surface area is 99.1 Å². The van der Waals surface area contributed by atoms with Crippen LogP contribution in [0.5, 0.6) is 0 Å². The van der Waals surface area contributed by atoms with Gasteiger partial charge < -0.3 is 15.4 Å². The normalized spacial score (nSPS) is 11.6. The van der Waals surface area contributed by atoms with Gasteiger partial charge in [-0.15, -0.1) is 0 Å². The van der Waals surface area contributed by atoms with Crippen LogP contribution in [0.15, 0.2) is 0 Å². The average molecular weight is 230 g/mol. The fourth-order valence-electron chi connectivity index (χ4n) is 1.41. The van der Waals surface area contributed by atoms with Crippen molar-refractivity contribution in [2.75, 3.05) is 26.7 Å². The molecule has 2 N–H and O–H groups in total. The van der Waals surface area contributed by atoms with E-state index in [0.29, 0.717) is 19.5 Å². The zero-order valence-corrected chi connectivity index (χ0v) is 11.1. The second kappa shape index (κ2) is 7.63. The molecule has 0 aliphatic carbocycles. The van der Waals surface area contributed by atoms with E-state index in [0.717, 1.165) is 19.4 Å². The highest BCUT2D eigenvalue weighted by Crippen LogP contribution is 2.14. The number of carbonyl (C=O) groups excluding carboxylic acids is 1. The van der Waals surface area contributed by atoms with E-state index in [9.17, 15) is 4.79 Å². The van der Waals surface area contributed by atoms with Gasteiger partial charge in [0.05, 0.1) is 12.0 Å². The van der Waals surface area contributed by atoms with Crippen molar-refractivity contribution in [3.63, 3.8) is 0 Å². The topological polar surface area (TPSA) is 55.6 Å². The number of nitrogens with two attached hydrogens (primary N) is 1. The van der Waals surface area contributed by atoms with Gasteiger partial charge in [-0.05, 0) is 20.3 Å². The van der Waals surface area contributed by atoms with Crippen molar-refractivity contribution in [2.24, 2.45) is 5.73 Å². The first kappa shape index (κ1) is 15.4. The van der Waals surface area contributed by atoms with Crippen LogP contribution in [0.3, 0.4) is 0 Å². The molecule has 96 valence electrons. The lowest BCUT2D eigenvalue weighted by atomic mass is 10.0. The van der Waals surface area contributed by atoms with Gasteiger partial charge in [-0.2, -0.15) is 0 Å². The molecule has 0 aromatic heterocycles. The lowest BCUT2D eigenvalue weighted by Crippen LogP contribution is -2.40. The average Bonchev–Trinajstić information content (AvgIpc) is 2.23. The molecule has 4 nitrogen and oxygen atoms in total. The minimum atomic E-state index is -0.393. The maximum atomic E-state index is 12.0. The number of carbonyl (C=O) groups is 1. The van der Waals surface area contributed by atoms with E-state index in [2.05, 4.69) is 6.92 Å². The summed E-state index contributed by atoms with van der Waals surface area (Å²) in [6, 6.07) is 0. The number of rotatable bonds is 8. The van der Waals surface area contributed by atoms with Gasteiger partial charge in [0.15, 0.2) is 0 Å². The molecular formula is C12H26N2O2. The summed E-state index contributed by atoms with van der Waals surface area (Å²) in [4.78, 5) is 13.8. The van der Waals surface area contributed by atoms with E-state index in [1.54, 1.807) is 7.11 Å². The Hall–Kier alpha value is -0.610. The molecule has 0 saturated carbocycles.